The summed E-state index contributed by atoms with van der Waals surface area (Å²) in [5.41, 5.74) is 0. The predicted molar refractivity (Wildman–Crippen MR) is 236 cm³/mol. The third-order valence-electron chi connectivity index (χ3n) is 9.88. The number of phosphoric acid groups is 1. The Morgan fingerprint density at radius 1 is 0.544 bits per heavy atom. The molecule has 0 radical (unpaired) electrons. The molecule has 0 aromatic rings. The minimum atomic E-state index is -4.63. The fraction of sp³-hybridized carbons (Fsp3) is 0.830. The average Bonchev–Trinajstić information content (AvgIpc) is 3.16. The van der Waals surface area contributed by atoms with Gasteiger partial charge in [-0.05, 0) is 70.6 Å². The summed E-state index contributed by atoms with van der Waals surface area (Å²) in [4.78, 5) is 37.6. The molecule has 10 heteroatoms. The number of rotatable bonds is 42. The maximum atomic E-state index is 12.7. The van der Waals surface area contributed by atoms with Crippen molar-refractivity contribution in [2.75, 3.05) is 47.5 Å². The van der Waals surface area contributed by atoms with Crippen molar-refractivity contribution in [3.63, 3.8) is 0 Å². The first-order valence-electron chi connectivity index (χ1n) is 23.2. The predicted octanol–water partition coefficient (Wildman–Crippen LogP) is 12.7. The second-order valence-electron chi connectivity index (χ2n) is 16.8. The molecule has 0 rings (SSSR count). The third-order valence-corrected chi connectivity index (χ3v) is 10.8. The number of allylic oxidation sites excluding steroid dienone is 6. The van der Waals surface area contributed by atoms with Crippen LogP contribution in [0.3, 0.4) is 0 Å². The molecule has 9 nitrogen and oxygen atoms in total. The van der Waals surface area contributed by atoms with Crippen LogP contribution in [0.1, 0.15) is 200 Å². The highest BCUT2D eigenvalue weighted by molar-refractivity contribution is 7.45. The molecule has 2 atom stereocenters. The van der Waals surface area contributed by atoms with Gasteiger partial charge in [0.2, 0.25) is 0 Å². The molecule has 334 valence electrons. The molecule has 0 saturated heterocycles. The quantitative estimate of drug-likeness (QED) is 0.0197. The number of unbranched alkanes of at least 4 members (excludes halogenated alkanes) is 22. The smallest absolute Gasteiger partial charge is 0.306 e. The van der Waals surface area contributed by atoms with Gasteiger partial charge in [0.25, 0.3) is 7.82 Å². The lowest BCUT2D eigenvalue weighted by molar-refractivity contribution is -0.870. The third kappa shape index (κ3) is 43.6. The summed E-state index contributed by atoms with van der Waals surface area (Å²) in [6, 6.07) is 0. The number of nitrogens with zero attached hydrogens (tertiary/aromatic N) is 1. The Morgan fingerprint density at radius 3 is 1.42 bits per heavy atom. The summed E-state index contributed by atoms with van der Waals surface area (Å²) in [5.74, 6) is -0.853. The van der Waals surface area contributed by atoms with Crippen molar-refractivity contribution in [1.82, 2.24) is 0 Å². The van der Waals surface area contributed by atoms with Crippen molar-refractivity contribution in [2.45, 2.75) is 206 Å². The summed E-state index contributed by atoms with van der Waals surface area (Å²) in [6.07, 6.45) is 44.5. The molecule has 0 aromatic heterocycles. The molecule has 0 fully saturated rings. The summed E-state index contributed by atoms with van der Waals surface area (Å²) in [7, 11) is 1.15. The molecule has 0 aliphatic rings. The van der Waals surface area contributed by atoms with Crippen LogP contribution in [-0.4, -0.2) is 70.0 Å². The Morgan fingerprint density at radius 2 is 0.947 bits per heavy atom. The number of carbonyl (C=O) groups excluding carboxylic acids is 2. The number of hydrogen-bond donors (Lipinski definition) is 0. The highest BCUT2D eigenvalue weighted by Crippen LogP contribution is 2.38. The van der Waals surface area contributed by atoms with E-state index in [1.165, 1.54) is 96.3 Å². The second kappa shape index (κ2) is 39.7. The minimum absolute atomic E-state index is 0.0344. The van der Waals surface area contributed by atoms with Crippen LogP contribution >= 0.6 is 7.82 Å². The molecule has 0 heterocycles. The SMILES string of the molecule is CCCCCC/C=C\C/C=C\CCCCCCCC(=O)OC(COC(=O)CCCCCCCCC/C=C\CCCCCCCC)COP(=O)([O-])OCC[N+](C)(C)C. The van der Waals surface area contributed by atoms with Crippen LogP contribution in [0.25, 0.3) is 0 Å². The van der Waals surface area contributed by atoms with Crippen molar-refractivity contribution in [2.24, 2.45) is 0 Å². The van der Waals surface area contributed by atoms with Gasteiger partial charge in [-0.25, -0.2) is 0 Å². The van der Waals surface area contributed by atoms with E-state index in [-0.39, 0.29) is 26.1 Å². The highest BCUT2D eigenvalue weighted by Gasteiger charge is 2.21. The Kier molecular flexibility index (Phi) is 38.4. The van der Waals surface area contributed by atoms with Crippen LogP contribution in [0, 0.1) is 0 Å². The summed E-state index contributed by atoms with van der Waals surface area (Å²) in [6.45, 7) is 4.19. The summed E-state index contributed by atoms with van der Waals surface area (Å²) >= 11 is 0. The summed E-state index contributed by atoms with van der Waals surface area (Å²) in [5, 5.41) is 0. The van der Waals surface area contributed by atoms with E-state index in [0.717, 1.165) is 70.6 Å². The normalized spacial score (nSPS) is 13.9. The van der Waals surface area contributed by atoms with Gasteiger partial charge in [-0.1, -0.05) is 153 Å². The zero-order chi connectivity index (χ0) is 42.1. The molecule has 0 spiro atoms. The highest BCUT2D eigenvalue weighted by atomic mass is 31.2. The number of likely N-dealkylation sites (N-methyl/N-ethyl adjacent to an activating group) is 1. The number of quaternary nitrogens is 1. The maximum Gasteiger partial charge on any atom is 0.306 e. The van der Waals surface area contributed by atoms with E-state index < -0.39 is 32.5 Å². The zero-order valence-corrected chi connectivity index (χ0v) is 38.4. The molecular weight excluding hydrogens is 737 g/mol. The molecule has 0 aliphatic carbocycles. The van der Waals surface area contributed by atoms with E-state index in [0.29, 0.717) is 17.4 Å². The largest absolute Gasteiger partial charge is 0.756 e. The lowest BCUT2D eigenvalue weighted by atomic mass is 10.1. The van der Waals surface area contributed by atoms with Crippen molar-refractivity contribution in [3.8, 4) is 0 Å². The van der Waals surface area contributed by atoms with Gasteiger partial charge in [0.1, 0.15) is 19.8 Å². The number of phosphoric ester groups is 1. The number of esters is 2. The zero-order valence-electron chi connectivity index (χ0n) is 37.5. The van der Waals surface area contributed by atoms with Crippen LogP contribution in [-0.2, 0) is 32.7 Å². The Bertz CT molecular complexity index is 1070. The van der Waals surface area contributed by atoms with Gasteiger partial charge >= 0.3 is 11.9 Å². The average molecular weight is 826 g/mol. The Labute approximate surface area is 351 Å². The molecule has 0 N–H and O–H groups in total. The van der Waals surface area contributed by atoms with E-state index in [1.807, 2.05) is 21.1 Å². The van der Waals surface area contributed by atoms with E-state index in [1.54, 1.807) is 0 Å². The Balaban J connectivity index is 4.35. The van der Waals surface area contributed by atoms with Crippen molar-refractivity contribution in [3.05, 3.63) is 36.5 Å². The van der Waals surface area contributed by atoms with Crippen molar-refractivity contribution >= 4 is 19.8 Å². The van der Waals surface area contributed by atoms with Gasteiger partial charge in [0.05, 0.1) is 27.7 Å². The van der Waals surface area contributed by atoms with Gasteiger partial charge in [-0.2, -0.15) is 0 Å². The second-order valence-corrected chi connectivity index (χ2v) is 18.2. The molecule has 0 amide bonds. The first-order valence-corrected chi connectivity index (χ1v) is 24.7. The molecular formula is C47H88NO8P. The molecule has 57 heavy (non-hydrogen) atoms. The Hall–Kier alpha value is -1.77. The van der Waals surface area contributed by atoms with Gasteiger partial charge < -0.3 is 27.9 Å². The van der Waals surface area contributed by atoms with E-state index in [4.69, 9.17) is 18.5 Å². The fourth-order valence-corrected chi connectivity index (χ4v) is 6.94. The van der Waals surface area contributed by atoms with Gasteiger partial charge in [-0.15, -0.1) is 0 Å². The minimum Gasteiger partial charge on any atom is -0.756 e. The molecule has 0 aliphatic heterocycles. The molecule has 2 unspecified atom stereocenters. The van der Waals surface area contributed by atoms with Crippen LogP contribution in [0.2, 0.25) is 0 Å². The van der Waals surface area contributed by atoms with E-state index in [9.17, 15) is 19.0 Å². The number of hydrogen-bond acceptors (Lipinski definition) is 8. The van der Waals surface area contributed by atoms with Crippen LogP contribution in [0.4, 0.5) is 0 Å². The van der Waals surface area contributed by atoms with E-state index >= 15 is 0 Å². The standard InChI is InChI=1S/C47H88NO8P/c1-6-8-10-12-14-16-18-20-22-24-26-27-29-31-33-35-37-39-46(49)53-43-45(44-55-57(51,52)54-42-41-48(3,4)5)56-47(50)40-38-36-34-32-30-28-25-23-21-19-17-15-13-11-9-7-2/h17,19-20,22-23,25,45H,6-16,18,21,24,26-44H2,1-5H3/b19-17-,22-20-,25-23-. The topological polar surface area (TPSA) is 111 Å². The van der Waals surface area contributed by atoms with Crippen LogP contribution < -0.4 is 4.89 Å². The van der Waals surface area contributed by atoms with E-state index in [2.05, 4.69) is 50.3 Å². The molecule has 0 aromatic carbocycles. The first-order chi connectivity index (χ1) is 27.5. The number of ether oxygens (including phenoxy) is 2. The van der Waals surface area contributed by atoms with Gasteiger partial charge in [-0.3, -0.25) is 14.2 Å². The number of carbonyl (C=O) groups is 2. The van der Waals surface area contributed by atoms with Gasteiger partial charge in [0, 0.05) is 12.8 Å². The summed E-state index contributed by atoms with van der Waals surface area (Å²) < 4.78 is 33.9. The maximum absolute atomic E-state index is 12.7. The van der Waals surface area contributed by atoms with Gasteiger partial charge in [0.15, 0.2) is 6.10 Å². The molecule has 0 bridgehead atoms. The monoisotopic (exact) mass is 826 g/mol. The first kappa shape index (κ1) is 55.2. The lowest BCUT2D eigenvalue weighted by Crippen LogP contribution is -2.37. The van der Waals surface area contributed by atoms with Crippen LogP contribution in [0.15, 0.2) is 36.5 Å². The van der Waals surface area contributed by atoms with Crippen molar-refractivity contribution in [1.29, 1.82) is 0 Å². The lowest BCUT2D eigenvalue weighted by Gasteiger charge is -2.28. The van der Waals surface area contributed by atoms with Crippen molar-refractivity contribution < 1.29 is 42.1 Å². The fourth-order valence-electron chi connectivity index (χ4n) is 6.21. The molecule has 0 saturated carbocycles. The van der Waals surface area contributed by atoms with Crippen LogP contribution in [0.5, 0.6) is 0 Å².